The second-order valence-corrected chi connectivity index (χ2v) is 6.35. The van der Waals surface area contributed by atoms with Crippen molar-refractivity contribution in [3.63, 3.8) is 0 Å². The molecule has 2 fully saturated rings. The number of pyridine rings is 1. The number of hydrogen-bond acceptors (Lipinski definition) is 5. The van der Waals surface area contributed by atoms with Gasteiger partial charge in [-0.25, -0.2) is 0 Å². The molecule has 112 valence electrons. The summed E-state index contributed by atoms with van der Waals surface area (Å²) in [5, 5.41) is 0.928. The Balaban J connectivity index is 1.91. The van der Waals surface area contributed by atoms with Crippen molar-refractivity contribution in [2.45, 2.75) is 6.92 Å². The van der Waals surface area contributed by atoms with Crippen LogP contribution in [0.3, 0.4) is 0 Å². The molecule has 0 spiro atoms. The van der Waals surface area contributed by atoms with Crippen LogP contribution in [0.4, 0.5) is 0 Å². The lowest BCUT2D eigenvalue weighted by atomic mass is 9.61. The molecule has 0 saturated carbocycles. The number of likely N-dealkylation sites (N-methyl/N-ethyl adjacent to an activating group) is 1. The Hall–Kier alpha value is -2.41. The first-order valence-corrected chi connectivity index (χ1v) is 7.22. The highest BCUT2D eigenvalue weighted by atomic mass is 16.7. The number of nitrogens with zero attached hydrogens (tertiary/aromatic N) is 2. The fourth-order valence-electron chi connectivity index (χ4n) is 3.56. The fourth-order valence-corrected chi connectivity index (χ4v) is 3.56. The van der Waals surface area contributed by atoms with Gasteiger partial charge in [0.05, 0.1) is 5.52 Å². The van der Waals surface area contributed by atoms with E-state index in [0.717, 1.165) is 22.1 Å². The summed E-state index contributed by atoms with van der Waals surface area (Å²) in [5.74, 6) is -0.672. The molecular formula is C15H15BN2O4. The van der Waals surface area contributed by atoms with Crippen molar-refractivity contribution in [2.24, 2.45) is 0 Å². The third-order valence-electron chi connectivity index (χ3n) is 4.66. The highest BCUT2D eigenvalue weighted by molar-refractivity contribution is 6.79. The number of quaternary nitrogens is 1. The van der Waals surface area contributed by atoms with Gasteiger partial charge in [0.1, 0.15) is 13.1 Å². The molecule has 6 nitrogen and oxygen atoms in total. The van der Waals surface area contributed by atoms with Gasteiger partial charge in [0, 0.05) is 12.7 Å². The number of fused-ring (bicyclic) bond motifs is 2. The molecule has 2 aromatic rings. The summed E-state index contributed by atoms with van der Waals surface area (Å²) in [6.07, 6.45) is 0. The van der Waals surface area contributed by atoms with E-state index >= 15 is 0 Å². The van der Waals surface area contributed by atoms with E-state index in [0.29, 0.717) is 0 Å². The monoisotopic (exact) mass is 298 g/mol. The molecule has 2 saturated heterocycles. The number of rotatable bonds is 1. The summed E-state index contributed by atoms with van der Waals surface area (Å²) in [6, 6.07) is 9.49. The van der Waals surface area contributed by atoms with Gasteiger partial charge in [-0.3, -0.25) is 14.6 Å². The van der Waals surface area contributed by atoms with Crippen molar-refractivity contribution < 1.29 is 23.3 Å². The Morgan fingerprint density at radius 3 is 2.45 bits per heavy atom. The fraction of sp³-hybridized carbons (Fsp3) is 0.267. The van der Waals surface area contributed by atoms with Gasteiger partial charge in [0.25, 0.3) is 0 Å². The molecule has 3 heterocycles. The predicted octanol–water partition coefficient (Wildman–Crippen LogP) is 0.249. The number of aromatic nitrogens is 1. The maximum atomic E-state index is 11.8. The minimum absolute atomic E-state index is 0.149. The smallest absolute Gasteiger partial charge is 0.596 e. The maximum absolute atomic E-state index is 11.8. The lowest BCUT2D eigenvalue weighted by Gasteiger charge is -2.40. The molecular weight excluding hydrogens is 283 g/mol. The molecule has 1 aromatic carbocycles. The standard InChI is InChI=1S/C15H15BN2O4/c1-10-3-4-11-7-12(5-6-13(11)17-10)16-18(2,8-14(19)21-16)9-15(20)22-16/h3-7H,8-9H2,1-2H3. The highest BCUT2D eigenvalue weighted by Crippen LogP contribution is 2.33. The topological polar surface area (TPSA) is 65.5 Å². The summed E-state index contributed by atoms with van der Waals surface area (Å²) < 4.78 is 11.2. The molecule has 0 bridgehead atoms. The number of hydrogen-bond donors (Lipinski definition) is 0. The Kier molecular flexibility index (Phi) is 2.46. The van der Waals surface area contributed by atoms with E-state index in [4.69, 9.17) is 9.31 Å². The van der Waals surface area contributed by atoms with Crippen LogP contribution < -0.4 is 5.46 Å². The average molecular weight is 298 g/mol. The van der Waals surface area contributed by atoms with Crippen LogP contribution in [-0.4, -0.2) is 48.1 Å². The number of benzene rings is 1. The van der Waals surface area contributed by atoms with Crippen LogP contribution in [0.2, 0.25) is 0 Å². The Labute approximate surface area is 127 Å². The lowest BCUT2D eigenvalue weighted by molar-refractivity contribution is -0.791. The Bertz CT molecular complexity index is 815. The van der Waals surface area contributed by atoms with Crippen molar-refractivity contribution in [1.82, 2.24) is 4.98 Å². The summed E-state index contributed by atoms with van der Waals surface area (Å²) in [4.78, 5) is 28.1. The minimum Gasteiger partial charge on any atom is -0.596 e. The molecule has 0 aliphatic carbocycles. The number of carbonyl (C=O) groups excluding carboxylic acids is 2. The van der Waals surface area contributed by atoms with Gasteiger partial charge in [-0.15, -0.1) is 0 Å². The molecule has 1 aromatic heterocycles. The van der Waals surface area contributed by atoms with Gasteiger partial charge < -0.3 is 13.7 Å². The summed E-state index contributed by atoms with van der Waals surface area (Å²) in [5.41, 5.74) is 2.51. The van der Waals surface area contributed by atoms with Crippen LogP contribution in [0.1, 0.15) is 5.69 Å². The SMILES string of the molecule is Cc1ccc2cc([B-]34OC(=O)C[N+]3(C)CC(=O)O4)ccc2n1. The van der Waals surface area contributed by atoms with E-state index in [1.54, 1.807) is 0 Å². The van der Waals surface area contributed by atoms with E-state index < -0.39 is 6.69 Å². The van der Waals surface area contributed by atoms with Crippen molar-refractivity contribution in [3.05, 3.63) is 36.0 Å². The third kappa shape index (κ3) is 1.63. The first kappa shape index (κ1) is 13.3. The number of aryl methyl sites for hydroxylation is 1. The van der Waals surface area contributed by atoms with Crippen LogP contribution >= 0.6 is 0 Å². The molecule has 0 unspecified atom stereocenters. The van der Waals surface area contributed by atoms with Gasteiger partial charge in [0.15, 0.2) is 0 Å². The zero-order valence-corrected chi connectivity index (χ0v) is 12.4. The first-order valence-electron chi connectivity index (χ1n) is 7.22. The number of carbonyl (C=O) groups is 2. The Morgan fingerprint density at radius 1 is 1.09 bits per heavy atom. The van der Waals surface area contributed by atoms with E-state index in [2.05, 4.69) is 4.98 Å². The highest BCUT2D eigenvalue weighted by Gasteiger charge is 2.66. The molecule has 0 amide bonds. The van der Waals surface area contributed by atoms with Crippen LogP contribution in [0, 0.1) is 6.92 Å². The lowest BCUT2D eigenvalue weighted by Crippen LogP contribution is -2.67. The molecule has 22 heavy (non-hydrogen) atoms. The summed E-state index contributed by atoms with van der Waals surface area (Å²) >= 11 is 0. The maximum Gasteiger partial charge on any atom is 0.614 e. The van der Waals surface area contributed by atoms with Gasteiger partial charge in [-0.2, -0.15) is 0 Å². The summed E-state index contributed by atoms with van der Waals surface area (Å²) in [6.45, 7) is 0.0618. The van der Waals surface area contributed by atoms with Gasteiger partial charge in [0.2, 0.25) is 0 Å². The van der Waals surface area contributed by atoms with Crippen molar-refractivity contribution >= 4 is 35.0 Å². The van der Waals surface area contributed by atoms with Crippen molar-refractivity contribution in [3.8, 4) is 0 Å². The van der Waals surface area contributed by atoms with Crippen molar-refractivity contribution in [1.29, 1.82) is 0 Å². The normalized spacial score (nSPS) is 30.3. The van der Waals surface area contributed by atoms with Crippen molar-refractivity contribution in [2.75, 3.05) is 20.1 Å². The van der Waals surface area contributed by atoms with E-state index in [1.165, 1.54) is 0 Å². The molecule has 0 radical (unpaired) electrons. The van der Waals surface area contributed by atoms with Crippen LogP contribution in [0.25, 0.3) is 10.9 Å². The molecule has 2 aliphatic rings. The predicted molar refractivity (Wildman–Crippen MR) is 80.0 cm³/mol. The van der Waals surface area contributed by atoms with Gasteiger partial charge in [-0.05, 0) is 29.9 Å². The molecule has 2 aliphatic heterocycles. The second kappa shape index (κ2) is 4.07. The van der Waals surface area contributed by atoms with Crippen LogP contribution in [0.5, 0.6) is 0 Å². The quantitative estimate of drug-likeness (QED) is 0.706. The van der Waals surface area contributed by atoms with Crippen LogP contribution in [0.15, 0.2) is 30.3 Å². The van der Waals surface area contributed by atoms with Gasteiger partial charge >= 0.3 is 18.6 Å². The minimum atomic E-state index is -2.17. The Morgan fingerprint density at radius 2 is 1.77 bits per heavy atom. The zero-order chi connectivity index (χ0) is 15.5. The van der Waals surface area contributed by atoms with E-state index in [9.17, 15) is 9.59 Å². The van der Waals surface area contributed by atoms with Crippen LogP contribution in [-0.2, 0) is 18.9 Å². The molecule has 0 atom stereocenters. The molecule has 7 heteroatoms. The largest absolute Gasteiger partial charge is 0.614 e. The van der Waals surface area contributed by atoms with E-state index in [-0.39, 0.29) is 29.4 Å². The summed E-state index contributed by atoms with van der Waals surface area (Å²) in [7, 11) is 1.83. The van der Waals surface area contributed by atoms with Gasteiger partial charge in [-0.1, -0.05) is 18.2 Å². The molecule has 0 N–H and O–H groups in total. The third-order valence-corrected chi connectivity index (χ3v) is 4.66. The zero-order valence-electron chi connectivity index (χ0n) is 12.4. The molecule has 4 rings (SSSR count). The first-order chi connectivity index (χ1) is 10.4. The second-order valence-electron chi connectivity index (χ2n) is 6.35. The van der Waals surface area contributed by atoms with E-state index in [1.807, 2.05) is 44.3 Å². The average Bonchev–Trinajstić information content (AvgIpc) is 2.82.